The van der Waals surface area contributed by atoms with Crippen molar-refractivity contribution in [3.8, 4) is 0 Å². The van der Waals surface area contributed by atoms with E-state index in [0.717, 1.165) is 44.9 Å². The maximum absolute atomic E-state index is 12.9. The first-order valence-electron chi connectivity index (χ1n) is 20.8. The molecule has 10 nitrogen and oxygen atoms in total. The number of hydrogen-bond donors (Lipinski definition) is 8. The fraction of sp³-hybridized carbons (Fsp3) is 0.975. The van der Waals surface area contributed by atoms with Gasteiger partial charge in [-0.1, -0.05) is 168 Å². The van der Waals surface area contributed by atoms with Gasteiger partial charge in [0, 0.05) is 6.42 Å². The van der Waals surface area contributed by atoms with Crippen molar-refractivity contribution in [3.63, 3.8) is 0 Å². The molecule has 0 aliphatic heterocycles. The topological polar surface area (TPSA) is 180 Å². The number of carbonyl (C=O) groups is 1. The van der Waals surface area contributed by atoms with Crippen LogP contribution >= 0.6 is 0 Å². The maximum atomic E-state index is 12.9. The van der Waals surface area contributed by atoms with E-state index in [0.29, 0.717) is 12.8 Å². The Labute approximate surface area is 304 Å². The lowest BCUT2D eigenvalue weighted by molar-refractivity contribution is -0.237. The summed E-state index contributed by atoms with van der Waals surface area (Å²) in [5.41, 5.74) is 0. The monoisotopic (exact) mass is 718 g/mol. The highest BCUT2D eigenvalue weighted by atomic mass is 16.5. The zero-order chi connectivity index (χ0) is 37.0. The average molecular weight is 718 g/mol. The Morgan fingerprint density at radius 3 is 1.26 bits per heavy atom. The zero-order valence-corrected chi connectivity index (χ0v) is 31.9. The molecule has 1 rings (SSSR count). The molecule has 9 atom stereocenters. The highest BCUT2D eigenvalue weighted by Crippen LogP contribution is 2.25. The molecule has 8 N–H and O–H groups in total. The van der Waals surface area contributed by atoms with Crippen LogP contribution in [0.15, 0.2) is 0 Å². The van der Waals surface area contributed by atoms with Gasteiger partial charge in [0.1, 0.15) is 42.7 Å². The van der Waals surface area contributed by atoms with Gasteiger partial charge in [0.15, 0.2) is 0 Å². The van der Waals surface area contributed by atoms with Crippen LogP contribution in [-0.2, 0) is 9.53 Å². The van der Waals surface area contributed by atoms with Crippen LogP contribution in [0.3, 0.4) is 0 Å². The van der Waals surface area contributed by atoms with Gasteiger partial charge in [0.2, 0.25) is 5.91 Å². The first-order valence-corrected chi connectivity index (χ1v) is 20.8. The number of aliphatic hydroxyl groups is 7. The molecule has 50 heavy (non-hydrogen) atoms. The molecule has 1 saturated carbocycles. The van der Waals surface area contributed by atoms with Gasteiger partial charge in [-0.25, -0.2) is 0 Å². The summed E-state index contributed by atoms with van der Waals surface area (Å²) in [6.07, 6.45) is 17.8. The summed E-state index contributed by atoms with van der Waals surface area (Å²) in [5.74, 6) is -0.293. The summed E-state index contributed by atoms with van der Waals surface area (Å²) in [4.78, 5) is 12.9. The van der Waals surface area contributed by atoms with Crippen molar-refractivity contribution in [1.29, 1.82) is 0 Å². The molecule has 1 aliphatic rings. The molecule has 1 amide bonds. The second-order valence-corrected chi connectivity index (χ2v) is 15.2. The summed E-state index contributed by atoms with van der Waals surface area (Å²) in [6, 6.07) is -1.04. The van der Waals surface area contributed by atoms with Crippen LogP contribution in [0.2, 0.25) is 0 Å². The van der Waals surface area contributed by atoms with Crippen LogP contribution in [0, 0.1) is 0 Å². The number of aliphatic hydroxyl groups excluding tert-OH is 7. The van der Waals surface area contributed by atoms with Crippen molar-refractivity contribution in [2.24, 2.45) is 0 Å². The minimum absolute atomic E-state index is 0.258. The van der Waals surface area contributed by atoms with Gasteiger partial charge in [0.25, 0.3) is 0 Å². The predicted molar refractivity (Wildman–Crippen MR) is 200 cm³/mol. The van der Waals surface area contributed by atoms with Gasteiger partial charge in [-0.2, -0.15) is 0 Å². The van der Waals surface area contributed by atoms with E-state index >= 15 is 0 Å². The molecule has 0 heterocycles. The smallest absolute Gasteiger partial charge is 0.220 e. The first kappa shape index (κ1) is 47.2. The van der Waals surface area contributed by atoms with Crippen molar-refractivity contribution in [2.45, 2.75) is 242 Å². The quantitative estimate of drug-likeness (QED) is 0.0380. The molecule has 0 bridgehead atoms. The van der Waals surface area contributed by atoms with Gasteiger partial charge >= 0.3 is 0 Å². The number of rotatable bonds is 33. The number of amides is 1. The van der Waals surface area contributed by atoms with Gasteiger partial charge < -0.3 is 45.8 Å². The molecule has 0 radical (unpaired) electrons. The van der Waals surface area contributed by atoms with Crippen molar-refractivity contribution < 1.29 is 45.3 Å². The maximum Gasteiger partial charge on any atom is 0.220 e. The summed E-state index contributed by atoms with van der Waals surface area (Å²) in [5, 5.41) is 75.6. The van der Waals surface area contributed by atoms with E-state index in [1.807, 2.05) is 0 Å². The number of carbonyl (C=O) groups excluding carboxylic acids is 1. The largest absolute Gasteiger partial charge is 0.390 e. The molecule has 10 heteroatoms. The van der Waals surface area contributed by atoms with Crippen molar-refractivity contribution in [1.82, 2.24) is 5.32 Å². The fourth-order valence-electron chi connectivity index (χ4n) is 7.05. The molecule has 0 aromatic carbocycles. The summed E-state index contributed by atoms with van der Waals surface area (Å²) in [7, 11) is 0. The Hall–Kier alpha value is -0.850. The van der Waals surface area contributed by atoms with Crippen LogP contribution in [0.1, 0.15) is 187 Å². The van der Waals surface area contributed by atoms with E-state index in [9.17, 15) is 40.5 Å². The van der Waals surface area contributed by atoms with E-state index in [1.54, 1.807) is 0 Å². The molecular weight excluding hydrogens is 638 g/mol. The standard InChI is InChI=1S/C40H79NO9/c1-3-5-7-9-11-13-15-17-19-21-23-25-27-29-33(43)41-31(30-50-40-38(48)36(46)35(45)37(47)39(40)49)34(44)32(42)28-26-24-22-20-18-16-14-12-10-8-6-4-2/h31-32,34-40,42,44-49H,3-30H2,1-2H3,(H,41,43)/t31-,32+,34?,35-,36?,37-,38?,39?,40-/m0/s1. The van der Waals surface area contributed by atoms with Gasteiger partial charge in [-0.3, -0.25) is 4.79 Å². The lowest BCUT2D eigenvalue weighted by Gasteiger charge is -2.42. The minimum Gasteiger partial charge on any atom is -0.390 e. The molecule has 1 aliphatic carbocycles. The number of nitrogens with one attached hydrogen (secondary N) is 1. The highest BCUT2D eigenvalue weighted by Gasteiger charge is 2.49. The first-order chi connectivity index (χ1) is 24.1. The van der Waals surface area contributed by atoms with Gasteiger partial charge in [0.05, 0.1) is 18.8 Å². The number of hydrogen-bond acceptors (Lipinski definition) is 9. The van der Waals surface area contributed by atoms with Crippen LogP contribution in [-0.4, -0.2) is 103 Å². The molecule has 1 fully saturated rings. The lowest BCUT2D eigenvalue weighted by atomic mass is 9.85. The summed E-state index contributed by atoms with van der Waals surface area (Å²) >= 11 is 0. The molecule has 0 aromatic rings. The van der Waals surface area contributed by atoms with Crippen LogP contribution in [0.5, 0.6) is 0 Å². The molecule has 0 spiro atoms. The minimum atomic E-state index is -1.75. The third-order valence-electron chi connectivity index (χ3n) is 10.6. The molecule has 4 unspecified atom stereocenters. The Morgan fingerprint density at radius 1 is 0.520 bits per heavy atom. The van der Waals surface area contributed by atoms with E-state index in [4.69, 9.17) is 4.74 Å². The molecule has 0 aromatic heterocycles. The average Bonchev–Trinajstić information content (AvgIpc) is 3.11. The van der Waals surface area contributed by atoms with Crippen molar-refractivity contribution in [3.05, 3.63) is 0 Å². The molecule has 0 saturated heterocycles. The van der Waals surface area contributed by atoms with Crippen LogP contribution in [0.4, 0.5) is 0 Å². The second-order valence-electron chi connectivity index (χ2n) is 15.2. The third-order valence-corrected chi connectivity index (χ3v) is 10.6. The van der Waals surface area contributed by atoms with E-state index in [-0.39, 0.29) is 18.9 Å². The SMILES string of the molecule is CCCCCCCCCCCCCCCC(=O)N[C@@H](CO[C@H]1C(O)C(O)[C@H](O)[C@H](O)C1O)C(O)[C@H](O)CCCCCCCCCCCCCC. The molecule has 298 valence electrons. The summed E-state index contributed by atoms with van der Waals surface area (Å²) < 4.78 is 5.65. The number of ether oxygens (including phenoxy) is 1. The Bertz CT molecular complexity index is 774. The van der Waals surface area contributed by atoms with Gasteiger partial charge in [-0.15, -0.1) is 0 Å². The summed E-state index contributed by atoms with van der Waals surface area (Å²) in [6.45, 7) is 4.09. The van der Waals surface area contributed by atoms with Crippen LogP contribution < -0.4 is 5.32 Å². The van der Waals surface area contributed by atoms with Gasteiger partial charge in [-0.05, 0) is 12.8 Å². The number of unbranched alkanes of at least 4 members (excludes halogenated alkanes) is 23. The Morgan fingerprint density at radius 2 is 0.860 bits per heavy atom. The lowest BCUT2D eigenvalue weighted by Crippen LogP contribution is -2.65. The zero-order valence-electron chi connectivity index (χ0n) is 31.9. The van der Waals surface area contributed by atoms with E-state index in [1.165, 1.54) is 109 Å². The van der Waals surface area contributed by atoms with E-state index in [2.05, 4.69) is 19.2 Å². The molecular formula is C40H79NO9. The Balaban J connectivity index is 2.47. The third kappa shape index (κ3) is 21.0. The van der Waals surface area contributed by atoms with Crippen molar-refractivity contribution in [2.75, 3.05) is 6.61 Å². The fourth-order valence-corrected chi connectivity index (χ4v) is 7.05. The van der Waals surface area contributed by atoms with Crippen LogP contribution in [0.25, 0.3) is 0 Å². The predicted octanol–water partition coefficient (Wildman–Crippen LogP) is 5.97. The normalized spacial score (nSPS) is 24.3. The second kappa shape index (κ2) is 30.6. The van der Waals surface area contributed by atoms with Crippen molar-refractivity contribution >= 4 is 5.91 Å². The van der Waals surface area contributed by atoms with E-state index < -0.39 is 54.9 Å². The highest BCUT2D eigenvalue weighted by molar-refractivity contribution is 5.76. The Kier molecular flexibility index (Phi) is 28.9.